The molecule has 0 fully saturated rings. The van der Waals surface area contributed by atoms with Gasteiger partial charge in [-0.2, -0.15) is 5.10 Å². The second kappa shape index (κ2) is 3.48. The van der Waals surface area contributed by atoms with Gasteiger partial charge >= 0.3 is 0 Å². The van der Waals surface area contributed by atoms with Crippen molar-refractivity contribution in [1.29, 1.82) is 0 Å². The molecule has 0 N–H and O–H groups in total. The van der Waals surface area contributed by atoms with Crippen molar-refractivity contribution in [2.24, 2.45) is 0 Å². The van der Waals surface area contributed by atoms with Crippen molar-refractivity contribution in [3.63, 3.8) is 0 Å². The van der Waals surface area contributed by atoms with Crippen molar-refractivity contribution in [2.75, 3.05) is 0 Å². The SMILES string of the molecule is O=C1C=C(n2cncn2)c2ccccc2C1=O. The molecule has 5 nitrogen and oxygen atoms in total. The molecule has 0 spiro atoms. The summed E-state index contributed by atoms with van der Waals surface area (Å²) >= 11 is 0. The van der Waals surface area contributed by atoms with E-state index >= 15 is 0 Å². The molecule has 0 aliphatic heterocycles. The van der Waals surface area contributed by atoms with E-state index in [1.165, 1.54) is 23.4 Å². The summed E-state index contributed by atoms with van der Waals surface area (Å²) in [4.78, 5) is 27.1. The average Bonchev–Trinajstić information content (AvgIpc) is 2.87. The van der Waals surface area contributed by atoms with Crippen molar-refractivity contribution in [2.45, 2.75) is 0 Å². The third-order valence-electron chi connectivity index (χ3n) is 2.60. The number of carbonyl (C=O) groups excluding carboxylic acids is 2. The van der Waals surface area contributed by atoms with E-state index in [0.29, 0.717) is 16.8 Å². The van der Waals surface area contributed by atoms with Crippen molar-refractivity contribution in [3.05, 3.63) is 54.1 Å². The number of rotatable bonds is 1. The minimum absolute atomic E-state index is 0.408. The van der Waals surface area contributed by atoms with Crippen molar-refractivity contribution in [1.82, 2.24) is 14.8 Å². The molecule has 1 aromatic heterocycles. The molecule has 0 saturated carbocycles. The van der Waals surface area contributed by atoms with Crippen LogP contribution in [0, 0.1) is 0 Å². The Balaban J connectivity index is 2.26. The van der Waals surface area contributed by atoms with E-state index in [-0.39, 0.29) is 0 Å². The molecule has 0 unspecified atom stereocenters. The summed E-state index contributed by atoms with van der Waals surface area (Å²) in [5.41, 5.74) is 1.68. The van der Waals surface area contributed by atoms with Gasteiger partial charge in [-0.05, 0) is 0 Å². The van der Waals surface area contributed by atoms with Gasteiger partial charge in [0, 0.05) is 17.2 Å². The summed E-state index contributed by atoms with van der Waals surface area (Å²) in [7, 11) is 0. The predicted molar refractivity (Wildman–Crippen MR) is 59.2 cm³/mol. The predicted octanol–water partition coefficient (Wildman–Crippen LogP) is 0.933. The molecule has 2 aromatic rings. The number of Topliss-reactive ketones (excluding diaryl/α,β-unsaturated/α-hetero) is 1. The number of nitrogens with zero attached hydrogens (tertiary/aromatic N) is 3. The highest BCUT2D eigenvalue weighted by Crippen LogP contribution is 2.25. The largest absolute Gasteiger partial charge is 0.285 e. The molecule has 1 aliphatic rings. The Morgan fingerprint density at radius 1 is 1.06 bits per heavy atom. The van der Waals surface area contributed by atoms with Crippen LogP contribution in [0.4, 0.5) is 0 Å². The monoisotopic (exact) mass is 225 g/mol. The van der Waals surface area contributed by atoms with E-state index in [4.69, 9.17) is 0 Å². The maximum Gasteiger partial charge on any atom is 0.233 e. The highest BCUT2D eigenvalue weighted by molar-refractivity contribution is 6.50. The summed E-state index contributed by atoms with van der Waals surface area (Å²) in [5.74, 6) is -1.02. The zero-order valence-electron chi connectivity index (χ0n) is 8.70. The molecular formula is C12H7N3O2. The van der Waals surface area contributed by atoms with Gasteiger partial charge in [-0.1, -0.05) is 24.3 Å². The van der Waals surface area contributed by atoms with Crippen molar-refractivity contribution in [3.8, 4) is 0 Å². The lowest BCUT2D eigenvalue weighted by molar-refractivity contribution is -0.111. The van der Waals surface area contributed by atoms with Crippen LogP contribution in [-0.2, 0) is 4.79 Å². The number of ketones is 2. The number of hydrogen-bond donors (Lipinski definition) is 0. The highest BCUT2D eigenvalue weighted by Gasteiger charge is 2.26. The smallest absolute Gasteiger partial charge is 0.233 e. The molecule has 3 rings (SSSR count). The van der Waals surface area contributed by atoms with Gasteiger partial charge in [-0.3, -0.25) is 9.59 Å². The maximum atomic E-state index is 11.7. The lowest BCUT2D eigenvalue weighted by Crippen LogP contribution is -2.21. The molecule has 1 aromatic carbocycles. The van der Waals surface area contributed by atoms with E-state index in [1.807, 2.05) is 6.07 Å². The number of carbonyl (C=O) groups is 2. The molecule has 5 heteroatoms. The van der Waals surface area contributed by atoms with Crippen LogP contribution in [0.1, 0.15) is 15.9 Å². The first kappa shape index (κ1) is 9.65. The molecule has 1 aliphatic carbocycles. The first-order valence-electron chi connectivity index (χ1n) is 5.02. The van der Waals surface area contributed by atoms with Crippen LogP contribution >= 0.6 is 0 Å². The fourth-order valence-corrected chi connectivity index (χ4v) is 1.83. The third-order valence-corrected chi connectivity index (χ3v) is 2.60. The van der Waals surface area contributed by atoms with E-state index in [0.717, 1.165) is 0 Å². The molecule has 82 valence electrons. The maximum absolute atomic E-state index is 11.7. The number of hydrogen-bond acceptors (Lipinski definition) is 4. The topological polar surface area (TPSA) is 64.8 Å². The molecule has 0 amide bonds. The minimum atomic E-state index is -0.533. The van der Waals surface area contributed by atoms with E-state index in [2.05, 4.69) is 10.1 Å². The lowest BCUT2D eigenvalue weighted by atomic mass is 9.93. The molecule has 0 radical (unpaired) electrons. The van der Waals surface area contributed by atoms with Crippen molar-refractivity contribution >= 4 is 17.3 Å². The fourth-order valence-electron chi connectivity index (χ4n) is 1.83. The van der Waals surface area contributed by atoms with Crippen LogP contribution in [0.3, 0.4) is 0 Å². The van der Waals surface area contributed by atoms with E-state index in [9.17, 15) is 9.59 Å². The fraction of sp³-hybridized carbons (Fsp3) is 0. The van der Waals surface area contributed by atoms with Crippen molar-refractivity contribution < 1.29 is 9.59 Å². The van der Waals surface area contributed by atoms with Crippen LogP contribution < -0.4 is 0 Å². The van der Waals surface area contributed by atoms with Gasteiger partial charge in [0.2, 0.25) is 11.6 Å². The number of benzene rings is 1. The zero-order valence-corrected chi connectivity index (χ0v) is 8.70. The molecular weight excluding hydrogens is 218 g/mol. The van der Waals surface area contributed by atoms with Gasteiger partial charge in [0.25, 0.3) is 0 Å². The summed E-state index contributed by atoms with van der Waals surface area (Å²) in [6.45, 7) is 0. The number of allylic oxidation sites excluding steroid dienone is 1. The Morgan fingerprint density at radius 2 is 1.82 bits per heavy atom. The Bertz CT molecular complexity index is 642. The first-order valence-corrected chi connectivity index (χ1v) is 5.02. The third kappa shape index (κ3) is 1.40. The van der Waals surface area contributed by atoms with E-state index in [1.54, 1.807) is 18.2 Å². The lowest BCUT2D eigenvalue weighted by Gasteiger charge is -2.15. The molecule has 0 bridgehead atoms. The van der Waals surface area contributed by atoms with Gasteiger partial charge in [0.05, 0.1) is 5.70 Å². The quantitative estimate of drug-likeness (QED) is 0.677. The normalized spacial score (nSPS) is 14.5. The Labute approximate surface area is 96.4 Å². The van der Waals surface area contributed by atoms with Gasteiger partial charge in [-0.25, -0.2) is 9.67 Å². The van der Waals surface area contributed by atoms with Gasteiger partial charge in [0.1, 0.15) is 12.7 Å². The Morgan fingerprint density at radius 3 is 2.53 bits per heavy atom. The minimum Gasteiger partial charge on any atom is -0.285 e. The summed E-state index contributed by atoms with van der Waals surface area (Å²) in [6, 6.07) is 6.97. The summed E-state index contributed by atoms with van der Waals surface area (Å²) in [6.07, 6.45) is 4.16. The standard InChI is InChI=1S/C12H7N3O2/c16-11-5-10(15-7-13-6-14-15)8-3-1-2-4-9(8)12(11)17/h1-7H. The van der Waals surface area contributed by atoms with Crippen LogP contribution in [0.5, 0.6) is 0 Å². The van der Waals surface area contributed by atoms with Gasteiger partial charge in [-0.15, -0.1) is 0 Å². The van der Waals surface area contributed by atoms with Crippen LogP contribution in [-0.4, -0.2) is 26.3 Å². The molecule has 0 atom stereocenters. The summed E-state index contributed by atoms with van der Waals surface area (Å²) < 4.78 is 1.48. The molecule has 0 saturated heterocycles. The molecule has 17 heavy (non-hydrogen) atoms. The average molecular weight is 225 g/mol. The Kier molecular flexibility index (Phi) is 1.98. The Hall–Kier alpha value is -2.56. The van der Waals surface area contributed by atoms with Gasteiger partial charge in [0.15, 0.2) is 0 Å². The zero-order chi connectivity index (χ0) is 11.8. The number of aromatic nitrogens is 3. The van der Waals surface area contributed by atoms with E-state index < -0.39 is 11.6 Å². The van der Waals surface area contributed by atoms with Crippen LogP contribution in [0.2, 0.25) is 0 Å². The second-order valence-electron chi connectivity index (χ2n) is 3.61. The number of fused-ring (bicyclic) bond motifs is 1. The molecule has 1 heterocycles. The first-order chi connectivity index (χ1) is 8.27. The van der Waals surface area contributed by atoms with Crippen LogP contribution in [0.25, 0.3) is 5.70 Å². The van der Waals surface area contributed by atoms with Gasteiger partial charge < -0.3 is 0 Å². The second-order valence-corrected chi connectivity index (χ2v) is 3.61. The highest BCUT2D eigenvalue weighted by atomic mass is 16.2. The van der Waals surface area contributed by atoms with Crippen LogP contribution in [0.15, 0.2) is 43.0 Å². The summed E-state index contributed by atoms with van der Waals surface area (Å²) in [5, 5.41) is 3.97.